The summed E-state index contributed by atoms with van der Waals surface area (Å²) in [6.07, 6.45) is 3.90. The van der Waals surface area contributed by atoms with Crippen LogP contribution >= 0.6 is 0 Å². The molecule has 0 saturated carbocycles. The Bertz CT molecular complexity index is 1080. The molecule has 0 bridgehead atoms. The number of fused-ring (bicyclic) bond motifs is 1. The number of rotatable bonds is 5. The average Bonchev–Trinajstić information content (AvgIpc) is 3.10. The zero-order valence-corrected chi connectivity index (χ0v) is 16.0. The van der Waals surface area contributed by atoms with E-state index < -0.39 is 0 Å². The summed E-state index contributed by atoms with van der Waals surface area (Å²) >= 11 is 0. The molecule has 4 rings (SSSR count). The van der Waals surface area contributed by atoms with Crippen molar-refractivity contribution in [1.29, 1.82) is 0 Å². The van der Waals surface area contributed by atoms with E-state index >= 15 is 0 Å². The number of anilines is 2. The lowest BCUT2D eigenvalue weighted by Crippen LogP contribution is -2.04. The zero-order chi connectivity index (χ0) is 18.8. The molecule has 0 unspecified atom stereocenters. The molecular formula is C23H24N4. The topological polar surface area (TPSA) is 42.2 Å². The second-order valence-electron chi connectivity index (χ2n) is 6.97. The minimum absolute atomic E-state index is 0.887. The summed E-state index contributed by atoms with van der Waals surface area (Å²) in [5.41, 5.74) is 7.77. The third-order valence-electron chi connectivity index (χ3n) is 4.90. The Morgan fingerprint density at radius 3 is 2.52 bits per heavy atom. The second kappa shape index (κ2) is 7.23. The van der Waals surface area contributed by atoms with Gasteiger partial charge in [-0.25, -0.2) is 4.98 Å². The number of benzene rings is 2. The van der Waals surface area contributed by atoms with Crippen LogP contribution in [0.3, 0.4) is 0 Å². The van der Waals surface area contributed by atoms with Gasteiger partial charge in [0.25, 0.3) is 0 Å². The van der Waals surface area contributed by atoms with Crippen molar-refractivity contribution in [2.45, 2.75) is 33.6 Å². The molecule has 0 atom stereocenters. The summed E-state index contributed by atoms with van der Waals surface area (Å²) < 4.78 is 1.90. The fourth-order valence-corrected chi connectivity index (χ4v) is 3.27. The molecule has 2 aromatic carbocycles. The van der Waals surface area contributed by atoms with E-state index in [1.807, 2.05) is 28.9 Å². The van der Waals surface area contributed by atoms with Gasteiger partial charge in [-0.3, -0.25) is 0 Å². The van der Waals surface area contributed by atoms with Crippen LogP contribution in [0.1, 0.15) is 30.2 Å². The fourth-order valence-electron chi connectivity index (χ4n) is 3.27. The van der Waals surface area contributed by atoms with Gasteiger partial charge in [0.15, 0.2) is 5.65 Å². The lowest BCUT2D eigenvalue weighted by atomic mass is 10.1. The van der Waals surface area contributed by atoms with Gasteiger partial charge in [0, 0.05) is 23.0 Å². The van der Waals surface area contributed by atoms with Crippen molar-refractivity contribution in [3.63, 3.8) is 0 Å². The first-order chi connectivity index (χ1) is 13.2. The number of hydrogen-bond donors (Lipinski definition) is 1. The molecule has 4 aromatic rings. The molecule has 0 saturated heterocycles. The molecule has 0 spiro atoms. The van der Waals surface area contributed by atoms with E-state index in [4.69, 9.17) is 4.98 Å². The van der Waals surface area contributed by atoms with Gasteiger partial charge in [0.1, 0.15) is 5.82 Å². The Kier molecular flexibility index (Phi) is 4.63. The summed E-state index contributed by atoms with van der Waals surface area (Å²) in [5, 5.41) is 8.16. The predicted molar refractivity (Wildman–Crippen MR) is 112 cm³/mol. The van der Waals surface area contributed by atoms with Gasteiger partial charge in [-0.2, -0.15) is 9.61 Å². The normalized spacial score (nSPS) is 11.1. The van der Waals surface area contributed by atoms with Gasteiger partial charge in [0.05, 0.1) is 6.20 Å². The minimum atomic E-state index is 0.887. The minimum Gasteiger partial charge on any atom is -0.340 e. The second-order valence-corrected chi connectivity index (χ2v) is 6.97. The highest BCUT2D eigenvalue weighted by atomic mass is 15.3. The largest absolute Gasteiger partial charge is 0.340 e. The highest BCUT2D eigenvalue weighted by Crippen LogP contribution is 2.27. The SMILES string of the molecule is CCCc1cc(Nc2ccc(C)c(C)c2)n2ncc(-c3ccccc3)c2n1. The smallest absolute Gasteiger partial charge is 0.165 e. The molecule has 0 aliphatic carbocycles. The Balaban J connectivity index is 1.84. The van der Waals surface area contributed by atoms with Crippen LogP contribution in [0.5, 0.6) is 0 Å². The monoisotopic (exact) mass is 356 g/mol. The van der Waals surface area contributed by atoms with Crippen molar-refractivity contribution in [3.8, 4) is 11.1 Å². The Hall–Kier alpha value is -3.14. The predicted octanol–water partition coefficient (Wildman–Crippen LogP) is 5.71. The molecule has 1 N–H and O–H groups in total. The van der Waals surface area contributed by atoms with Crippen LogP contribution in [0.15, 0.2) is 60.8 Å². The molecule has 0 fully saturated rings. The highest BCUT2D eigenvalue weighted by Gasteiger charge is 2.13. The Labute approximate surface area is 159 Å². The van der Waals surface area contributed by atoms with Crippen molar-refractivity contribution >= 4 is 17.2 Å². The van der Waals surface area contributed by atoms with Gasteiger partial charge < -0.3 is 5.32 Å². The third kappa shape index (κ3) is 3.43. The van der Waals surface area contributed by atoms with Crippen molar-refractivity contribution in [1.82, 2.24) is 14.6 Å². The molecule has 2 aromatic heterocycles. The first-order valence-electron chi connectivity index (χ1n) is 9.43. The van der Waals surface area contributed by atoms with Crippen LogP contribution in [0.2, 0.25) is 0 Å². The molecule has 0 aliphatic heterocycles. The van der Waals surface area contributed by atoms with Crippen LogP contribution in [0.25, 0.3) is 16.8 Å². The standard InChI is InChI=1S/C23H24N4/c1-4-8-19-14-22(25-20-12-11-16(2)17(3)13-20)27-23(26-19)21(15-24-27)18-9-6-5-7-10-18/h5-7,9-15,25H,4,8H2,1-3H3. The van der Waals surface area contributed by atoms with Crippen molar-refractivity contribution < 1.29 is 0 Å². The quantitative estimate of drug-likeness (QED) is 0.498. The van der Waals surface area contributed by atoms with Crippen LogP contribution < -0.4 is 5.32 Å². The van der Waals surface area contributed by atoms with E-state index in [-0.39, 0.29) is 0 Å². The van der Waals surface area contributed by atoms with Crippen molar-refractivity contribution in [3.05, 3.63) is 77.6 Å². The maximum atomic E-state index is 4.90. The van der Waals surface area contributed by atoms with Crippen LogP contribution in [-0.4, -0.2) is 14.6 Å². The molecule has 2 heterocycles. The molecule has 4 nitrogen and oxygen atoms in total. The Morgan fingerprint density at radius 1 is 0.963 bits per heavy atom. The summed E-state index contributed by atoms with van der Waals surface area (Å²) in [5.74, 6) is 0.939. The maximum absolute atomic E-state index is 4.90. The number of aromatic nitrogens is 3. The summed E-state index contributed by atoms with van der Waals surface area (Å²) in [6, 6.07) is 18.8. The summed E-state index contributed by atoms with van der Waals surface area (Å²) in [7, 11) is 0. The zero-order valence-electron chi connectivity index (χ0n) is 16.0. The molecular weight excluding hydrogens is 332 g/mol. The average molecular weight is 356 g/mol. The number of aryl methyl sites for hydroxylation is 3. The highest BCUT2D eigenvalue weighted by molar-refractivity contribution is 5.78. The van der Waals surface area contributed by atoms with E-state index in [9.17, 15) is 0 Å². The van der Waals surface area contributed by atoms with E-state index in [2.05, 4.69) is 67.6 Å². The third-order valence-corrected chi connectivity index (χ3v) is 4.90. The summed E-state index contributed by atoms with van der Waals surface area (Å²) in [6.45, 7) is 6.44. The van der Waals surface area contributed by atoms with Gasteiger partial charge in [-0.1, -0.05) is 49.7 Å². The molecule has 0 amide bonds. The number of nitrogens with one attached hydrogen (secondary N) is 1. The fraction of sp³-hybridized carbons (Fsp3) is 0.217. The van der Waals surface area contributed by atoms with Gasteiger partial charge in [0.2, 0.25) is 0 Å². The Morgan fingerprint density at radius 2 is 1.78 bits per heavy atom. The molecule has 4 heteroatoms. The molecule has 0 radical (unpaired) electrons. The lowest BCUT2D eigenvalue weighted by molar-refractivity contribution is 0.862. The number of nitrogens with zero attached hydrogens (tertiary/aromatic N) is 3. The first kappa shape index (κ1) is 17.3. The molecule has 27 heavy (non-hydrogen) atoms. The van der Waals surface area contributed by atoms with Crippen LogP contribution in [0.4, 0.5) is 11.5 Å². The molecule has 0 aliphatic rings. The van der Waals surface area contributed by atoms with E-state index in [1.54, 1.807) is 0 Å². The van der Waals surface area contributed by atoms with E-state index in [0.717, 1.165) is 46.8 Å². The first-order valence-corrected chi connectivity index (χ1v) is 9.43. The van der Waals surface area contributed by atoms with E-state index in [1.165, 1.54) is 11.1 Å². The van der Waals surface area contributed by atoms with Crippen LogP contribution in [-0.2, 0) is 6.42 Å². The van der Waals surface area contributed by atoms with Gasteiger partial charge in [-0.05, 0) is 49.1 Å². The number of hydrogen-bond acceptors (Lipinski definition) is 3. The van der Waals surface area contributed by atoms with E-state index in [0.29, 0.717) is 0 Å². The van der Waals surface area contributed by atoms with Crippen molar-refractivity contribution in [2.24, 2.45) is 0 Å². The van der Waals surface area contributed by atoms with Crippen molar-refractivity contribution in [2.75, 3.05) is 5.32 Å². The lowest BCUT2D eigenvalue weighted by Gasteiger charge is -2.12. The van der Waals surface area contributed by atoms with Gasteiger partial charge in [-0.15, -0.1) is 0 Å². The van der Waals surface area contributed by atoms with Gasteiger partial charge >= 0.3 is 0 Å². The molecule has 136 valence electrons. The van der Waals surface area contributed by atoms with Crippen LogP contribution in [0, 0.1) is 13.8 Å². The maximum Gasteiger partial charge on any atom is 0.165 e. The summed E-state index contributed by atoms with van der Waals surface area (Å²) in [4.78, 5) is 4.90.